The summed E-state index contributed by atoms with van der Waals surface area (Å²) in [5, 5.41) is 16.8. The third-order valence-corrected chi connectivity index (χ3v) is 2.03. The summed E-state index contributed by atoms with van der Waals surface area (Å²) >= 11 is 0. The van der Waals surface area contributed by atoms with Crippen molar-refractivity contribution in [2.24, 2.45) is 0 Å². The Balaban J connectivity index is 3.53. The van der Waals surface area contributed by atoms with Crippen molar-refractivity contribution in [1.29, 1.82) is 0 Å². The Morgan fingerprint density at radius 2 is 1.88 bits per heavy atom. The molecule has 0 aromatic carbocycles. The number of amides is 1. The summed E-state index contributed by atoms with van der Waals surface area (Å²) in [6.07, 6.45) is 2.42. The zero-order valence-electron chi connectivity index (χ0n) is 9.52. The Kier molecular flexibility index (Phi) is 8.46. The van der Waals surface area contributed by atoms with Crippen LogP contribution in [0.2, 0.25) is 0 Å². The van der Waals surface area contributed by atoms with Crippen LogP contribution >= 0.6 is 0 Å². The molecule has 0 aromatic heterocycles. The van der Waals surface area contributed by atoms with Crippen LogP contribution in [0.4, 0.5) is 0 Å². The Morgan fingerprint density at radius 3 is 2.44 bits per heavy atom. The van der Waals surface area contributed by atoms with Gasteiger partial charge in [0.15, 0.2) is 0 Å². The normalized spacial score (nSPS) is 10.1. The molecule has 0 aliphatic rings. The molecule has 0 saturated carbocycles. The lowest BCUT2D eigenvalue weighted by molar-refractivity contribution is -0.145. The van der Waals surface area contributed by atoms with Crippen molar-refractivity contribution in [3.05, 3.63) is 0 Å². The first-order valence-corrected chi connectivity index (χ1v) is 5.22. The summed E-state index contributed by atoms with van der Waals surface area (Å²) in [5.41, 5.74) is 0. The molecule has 16 heavy (non-hydrogen) atoms. The zero-order chi connectivity index (χ0) is 12.4. The highest BCUT2D eigenvalue weighted by Gasteiger charge is 2.09. The number of ether oxygens (including phenoxy) is 1. The molecule has 0 fully saturated rings. The van der Waals surface area contributed by atoms with E-state index in [2.05, 4.69) is 4.74 Å². The molecule has 1 amide bonds. The van der Waals surface area contributed by atoms with E-state index < -0.39 is 12.6 Å². The molecule has 6 heteroatoms. The minimum atomic E-state index is -1.08. The maximum absolute atomic E-state index is 11.3. The van der Waals surface area contributed by atoms with Crippen LogP contribution in [0.1, 0.15) is 19.3 Å². The smallest absolute Gasteiger partial charge is 0.329 e. The predicted molar refractivity (Wildman–Crippen MR) is 57.0 cm³/mol. The van der Waals surface area contributed by atoms with Crippen molar-refractivity contribution in [3.8, 4) is 0 Å². The van der Waals surface area contributed by atoms with Crippen LogP contribution in [0.5, 0.6) is 0 Å². The van der Waals surface area contributed by atoms with Crippen LogP contribution in [0.25, 0.3) is 0 Å². The molecule has 0 aromatic rings. The number of hydrogen-bond donors (Lipinski definition) is 2. The van der Waals surface area contributed by atoms with E-state index >= 15 is 0 Å². The van der Waals surface area contributed by atoms with Gasteiger partial charge in [-0.15, -0.1) is 0 Å². The van der Waals surface area contributed by atoms with E-state index in [1.165, 1.54) is 4.90 Å². The molecule has 94 valence electrons. The second kappa shape index (κ2) is 9.11. The third-order valence-electron chi connectivity index (χ3n) is 2.03. The first-order chi connectivity index (χ1) is 7.57. The Hall–Kier alpha value is -1.14. The highest BCUT2D eigenvalue weighted by molar-refractivity contribution is 5.77. The van der Waals surface area contributed by atoms with E-state index in [9.17, 15) is 9.59 Å². The van der Waals surface area contributed by atoms with Crippen molar-refractivity contribution < 1.29 is 24.5 Å². The van der Waals surface area contributed by atoms with Crippen LogP contribution in [0.15, 0.2) is 0 Å². The number of aliphatic hydroxyl groups excluding tert-OH is 1. The lowest BCUT2D eigenvalue weighted by Gasteiger charge is -2.16. The fourth-order valence-corrected chi connectivity index (χ4v) is 1.10. The van der Waals surface area contributed by atoms with Gasteiger partial charge < -0.3 is 19.8 Å². The highest BCUT2D eigenvalue weighted by atomic mass is 16.5. The van der Waals surface area contributed by atoms with Gasteiger partial charge in [-0.2, -0.15) is 0 Å². The van der Waals surface area contributed by atoms with Crippen LogP contribution < -0.4 is 0 Å². The summed E-state index contributed by atoms with van der Waals surface area (Å²) in [5.74, 6) is -1.32. The largest absolute Gasteiger partial charge is 0.480 e. The maximum atomic E-state index is 11.3. The number of hydrogen-bond acceptors (Lipinski definition) is 4. The predicted octanol–water partition coefficient (Wildman–Crippen LogP) is -0.291. The van der Waals surface area contributed by atoms with Crippen LogP contribution in [0, 0.1) is 0 Å². The number of carbonyl (C=O) groups excluding carboxylic acids is 1. The van der Waals surface area contributed by atoms with Gasteiger partial charge in [0, 0.05) is 20.2 Å². The molecule has 0 heterocycles. The first-order valence-electron chi connectivity index (χ1n) is 5.22. The summed E-state index contributed by atoms with van der Waals surface area (Å²) in [6.45, 7) is 0.0988. The fraction of sp³-hybridized carbons (Fsp3) is 0.800. The van der Waals surface area contributed by atoms with Gasteiger partial charge in [0.1, 0.15) is 13.2 Å². The quantitative estimate of drug-likeness (QED) is 0.534. The van der Waals surface area contributed by atoms with Gasteiger partial charge >= 0.3 is 5.97 Å². The molecule has 6 nitrogen and oxygen atoms in total. The molecule has 0 bridgehead atoms. The average Bonchev–Trinajstić information content (AvgIpc) is 2.23. The van der Waals surface area contributed by atoms with E-state index in [1.54, 1.807) is 7.05 Å². The van der Waals surface area contributed by atoms with Crippen LogP contribution in [-0.4, -0.2) is 60.4 Å². The number of carboxylic acid groups (broad SMARTS) is 1. The zero-order valence-corrected chi connectivity index (χ0v) is 9.52. The van der Waals surface area contributed by atoms with Crippen molar-refractivity contribution in [2.45, 2.75) is 19.3 Å². The van der Waals surface area contributed by atoms with Gasteiger partial charge in [-0.25, -0.2) is 4.79 Å². The number of likely N-dealkylation sites (N-methyl/N-ethyl adjacent to an activating group) is 1. The van der Waals surface area contributed by atoms with Crippen LogP contribution in [-0.2, 0) is 14.3 Å². The van der Waals surface area contributed by atoms with Gasteiger partial charge in [0.05, 0.1) is 0 Å². The third kappa shape index (κ3) is 8.19. The summed E-state index contributed by atoms with van der Waals surface area (Å²) in [7, 11) is 1.64. The van der Waals surface area contributed by atoms with Gasteiger partial charge in [0.2, 0.25) is 5.91 Å². The maximum Gasteiger partial charge on any atom is 0.329 e. The number of aliphatic hydroxyl groups is 1. The number of aliphatic carboxylic acids is 1. The molecule has 0 atom stereocenters. The number of nitrogens with zero attached hydrogens (tertiary/aromatic N) is 1. The molecule has 0 saturated heterocycles. The van der Waals surface area contributed by atoms with Crippen molar-refractivity contribution >= 4 is 11.9 Å². The minimum Gasteiger partial charge on any atom is -0.480 e. The Labute approximate surface area is 94.8 Å². The monoisotopic (exact) mass is 233 g/mol. The van der Waals surface area contributed by atoms with Gasteiger partial charge in [-0.1, -0.05) is 0 Å². The van der Waals surface area contributed by atoms with Crippen molar-refractivity contribution in [3.63, 3.8) is 0 Å². The average molecular weight is 233 g/mol. The van der Waals surface area contributed by atoms with Crippen molar-refractivity contribution in [2.75, 3.05) is 33.4 Å². The van der Waals surface area contributed by atoms with E-state index in [0.29, 0.717) is 6.54 Å². The first kappa shape index (κ1) is 14.9. The molecule has 0 aliphatic carbocycles. The highest BCUT2D eigenvalue weighted by Crippen LogP contribution is 1.97. The van der Waals surface area contributed by atoms with Gasteiger partial charge in [-0.05, 0) is 19.3 Å². The number of rotatable bonds is 9. The van der Waals surface area contributed by atoms with Gasteiger partial charge in [0.25, 0.3) is 0 Å². The Morgan fingerprint density at radius 1 is 1.19 bits per heavy atom. The summed E-state index contributed by atoms with van der Waals surface area (Å²) < 4.78 is 4.67. The second-order valence-electron chi connectivity index (χ2n) is 3.49. The lowest BCUT2D eigenvalue weighted by atomic mass is 10.2. The molecule has 0 aliphatic heterocycles. The van der Waals surface area contributed by atoms with E-state index in [4.69, 9.17) is 10.2 Å². The summed E-state index contributed by atoms with van der Waals surface area (Å²) in [6, 6.07) is 0. The van der Waals surface area contributed by atoms with Crippen molar-refractivity contribution in [1.82, 2.24) is 4.90 Å². The lowest BCUT2D eigenvalue weighted by Crippen LogP contribution is -2.31. The molecule has 0 radical (unpaired) electrons. The summed E-state index contributed by atoms with van der Waals surface area (Å²) in [4.78, 5) is 23.0. The molecule has 0 unspecified atom stereocenters. The molecular formula is C10H19NO5. The van der Waals surface area contributed by atoms with Gasteiger partial charge in [-0.3, -0.25) is 4.79 Å². The van der Waals surface area contributed by atoms with E-state index in [-0.39, 0.29) is 19.1 Å². The second-order valence-corrected chi connectivity index (χ2v) is 3.49. The van der Waals surface area contributed by atoms with E-state index in [1.807, 2.05) is 0 Å². The van der Waals surface area contributed by atoms with E-state index in [0.717, 1.165) is 19.3 Å². The number of carboxylic acids is 1. The van der Waals surface area contributed by atoms with Crippen LogP contribution in [0.3, 0.4) is 0 Å². The Bertz CT molecular complexity index is 219. The minimum absolute atomic E-state index is 0.166. The molecule has 2 N–H and O–H groups in total. The molecule has 0 rings (SSSR count). The molecular weight excluding hydrogens is 214 g/mol. The number of unbranched alkanes of at least 4 members (excludes halogenated alkanes) is 2. The molecule has 0 spiro atoms. The number of carbonyl (C=O) groups is 2. The fourth-order valence-electron chi connectivity index (χ4n) is 1.10. The SMILES string of the molecule is CN(CCCCCO)C(=O)COCC(=O)O. The standard InChI is InChI=1S/C10H19NO5/c1-11(5-3-2-4-6-12)9(13)7-16-8-10(14)15/h12H,2-8H2,1H3,(H,14,15). The topological polar surface area (TPSA) is 87.1 Å².